The van der Waals surface area contributed by atoms with E-state index >= 15 is 0 Å². The summed E-state index contributed by atoms with van der Waals surface area (Å²) in [6.45, 7) is 0. The first-order valence-corrected chi connectivity index (χ1v) is 6.37. The Morgan fingerprint density at radius 1 is 1.24 bits per heavy atom. The fourth-order valence-corrected chi connectivity index (χ4v) is 1.95. The summed E-state index contributed by atoms with van der Waals surface area (Å²) < 4.78 is 4.55. The molecule has 0 aromatic rings. The molecular weight excluding hydrogens is 294 g/mol. The number of rotatable bonds is 2. The van der Waals surface area contributed by atoms with Gasteiger partial charge in [0.15, 0.2) is 0 Å². The Hall–Kier alpha value is -2.37. The van der Waals surface area contributed by atoms with Crippen LogP contribution in [0.4, 0.5) is 0 Å². The average Bonchev–Trinajstić information content (AvgIpc) is 2.49. The highest BCUT2D eigenvalue weighted by Gasteiger charge is 2.23. The van der Waals surface area contributed by atoms with Gasteiger partial charge >= 0.3 is 5.97 Å². The zero-order chi connectivity index (χ0) is 15.4. The molecule has 0 bridgehead atoms. The number of allylic oxidation sites excluding steroid dienone is 8. The van der Waals surface area contributed by atoms with Crippen LogP contribution in [0.3, 0.4) is 0 Å². The molecule has 1 aliphatic carbocycles. The van der Waals surface area contributed by atoms with Crippen molar-refractivity contribution in [2.45, 2.75) is 0 Å². The largest absolute Gasteiger partial charge is 0.465 e. The van der Waals surface area contributed by atoms with Crippen LogP contribution >= 0.6 is 11.6 Å². The molecule has 0 radical (unpaired) electrons. The lowest BCUT2D eigenvalue weighted by atomic mass is 9.99. The second kappa shape index (κ2) is 6.39. The summed E-state index contributed by atoms with van der Waals surface area (Å²) in [4.78, 5) is 23.5. The van der Waals surface area contributed by atoms with Crippen LogP contribution in [0.25, 0.3) is 0 Å². The number of methoxy groups -OCH3 is 1. The smallest absolute Gasteiger partial charge is 0.339 e. The number of carbonyl (C=O) groups excluding carboxylic acids is 2. The van der Waals surface area contributed by atoms with Gasteiger partial charge in [-0.05, 0) is 23.8 Å². The van der Waals surface area contributed by atoms with Gasteiger partial charge in [0.05, 0.1) is 12.7 Å². The molecule has 2 aliphatic rings. The molecule has 0 atom stereocenters. The van der Waals surface area contributed by atoms with Crippen molar-refractivity contribution in [2.24, 2.45) is 0 Å². The summed E-state index contributed by atoms with van der Waals surface area (Å²) in [5, 5.41) is 9.86. The third-order valence-corrected chi connectivity index (χ3v) is 3.20. The molecule has 1 aliphatic heterocycles. The van der Waals surface area contributed by atoms with Gasteiger partial charge in [-0.3, -0.25) is 10.0 Å². The molecule has 0 fully saturated rings. The van der Waals surface area contributed by atoms with Crippen molar-refractivity contribution < 1.29 is 19.5 Å². The van der Waals surface area contributed by atoms with Gasteiger partial charge in [0, 0.05) is 18.0 Å². The third-order valence-electron chi connectivity index (χ3n) is 2.83. The molecule has 108 valence electrons. The lowest BCUT2D eigenvalue weighted by molar-refractivity contribution is -0.136. The van der Waals surface area contributed by atoms with Crippen LogP contribution in [0.15, 0.2) is 70.6 Å². The Morgan fingerprint density at radius 2 is 1.90 bits per heavy atom. The number of esters is 1. The number of hydrogen-bond donors (Lipinski definition) is 1. The highest BCUT2D eigenvalue weighted by Crippen LogP contribution is 2.24. The van der Waals surface area contributed by atoms with Crippen LogP contribution in [0.5, 0.6) is 0 Å². The number of halogens is 1. The van der Waals surface area contributed by atoms with Gasteiger partial charge in [-0.2, -0.15) is 0 Å². The highest BCUT2D eigenvalue weighted by molar-refractivity contribution is 6.48. The molecule has 1 heterocycles. The summed E-state index contributed by atoms with van der Waals surface area (Å²) in [7, 11) is 1.22. The maximum Gasteiger partial charge on any atom is 0.339 e. The normalized spacial score (nSPS) is 19.6. The monoisotopic (exact) mass is 305 g/mol. The van der Waals surface area contributed by atoms with Crippen molar-refractivity contribution in [1.29, 1.82) is 0 Å². The van der Waals surface area contributed by atoms with E-state index in [9.17, 15) is 9.59 Å². The lowest BCUT2D eigenvalue weighted by Gasteiger charge is -2.11. The molecule has 0 saturated heterocycles. The first-order chi connectivity index (χ1) is 10.0. The fourth-order valence-electron chi connectivity index (χ4n) is 1.70. The molecule has 5 nitrogen and oxygen atoms in total. The van der Waals surface area contributed by atoms with Crippen LogP contribution in [-0.2, 0) is 14.3 Å². The summed E-state index contributed by atoms with van der Waals surface area (Å²) in [6, 6.07) is 0. The minimum atomic E-state index is -0.650. The van der Waals surface area contributed by atoms with Gasteiger partial charge in [0.25, 0.3) is 0 Å². The van der Waals surface area contributed by atoms with Gasteiger partial charge in [0.2, 0.25) is 5.78 Å². The molecular formula is C15H12ClNO4. The quantitative estimate of drug-likeness (QED) is 0.627. The van der Waals surface area contributed by atoms with Crippen LogP contribution in [0.1, 0.15) is 0 Å². The van der Waals surface area contributed by atoms with Crippen molar-refractivity contribution in [3.63, 3.8) is 0 Å². The van der Waals surface area contributed by atoms with Crippen LogP contribution in [0, 0.1) is 0 Å². The molecule has 0 saturated carbocycles. The fraction of sp³-hybridized carbons (Fsp3) is 0.0667. The van der Waals surface area contributed by atoms with Gasteiger partial charge in [-0.15, -0.1) is 0 Å². The second-order valence-electron chi connectivity index (χ2n) is 4.18. The third kappa shape index (κ3) is 3.39. The SMILES string of the molecule is COC(=O)C1=C(Cl)C(=O)/C(=C\C=C2C=CN(O)C=C2)C=C1. The average molecular weight is 306 g/mol. The van der Waals surface area contributed by atoms with Gasteiger partial charge in [-0.25, -0.2) is 9.86 Å². The minimum absolute atomic E-state index is 0.0438. The number of carbonyl (C=O) groups is 2. The van der Waals surface area contributed by atoms with Crippen molar-refractivity contribution in [2.75, 3.05) is 7.11 Å². The van der Waals surface area contributed by atoms with Crippen LogP contribution < -0.4 is 0 Å². The summed E-state index contributed by atoms with van der Waals surface area (Å²) >= 11 is 5.89. The van der Waals surface area contributed by atoms with E-state index in [-0.39, 0.29) is 10.6 Å². The second-order valence-corrected chi connectivity index (χ2v) is 4.56. The summed E-state index contributed by atoms with van der Waals surface area (Å²) in [5.41, 5.74) is 1.20. The van der Waals surface area contributed by atoms with Gasteiger partial charge in [-0.1, -0.05) is 29.8 Å². The maximum atomic E-state index is 12.1. The number of ether oxygens (including phenoxy) is 1. The molecule has 21 heavy (non-hydrogen) atoms. The summed E-state index contributed by atoms with van der Waals surface area (Å²) in [5.74, 6) is -1.09. The highest BCUT2D eigenvalue weighted by atomic mass is 35.5. The van der Waals surface area contributed by atoms with Crippen molar-refractivity contribution in [1.82, 2.24) is 5.06 Å². The molecule has 1 N–H and O–H groups in total. The number of hydroxylamine groups is 2. The topological polar surface area (TPSA) is 66.8 Å². The van der Waals surface area contributed by atoms with Crippen LogP contribution in [-0.4, -0.2) is 29.1 Å². The van der Waals surface area contributed by atoms with E-state index in [4.69, 9.17) is 16.8 Å². The Kier molecular flexibility index (Phi) is 4.57. The number of Topliss-reactive ketones (excluding diaryl/α,β-unsaturated/α-hetero) is 1. The first-order valence-electron chi connectivity index (χ1n) is 5.99. The molecule has 0 unspecified atom stereocenters. The molecule has 6 heteroatoms. The van der Waals surface area contributed by atoms with E-state index in [1.807, 2.05) is 0 Å². The van der Waals surface area contributed by atoms with E-state index in [0.29, 0.717) is 5.57 Å². The Labute approximate surface area is 126 Å². The summed E-state index contributed by atoms with van der Waals surface area (Å²) in [6.07, 6.45) is 12.5. The number of ketones is 1. The van der Waals surface area contributed by atoms with E-state index in [1.165, 1.54) is 31.7 Å². The molecule has 2 rings (SSSR count). The molecule has 0 amide bonds. The predicted octanol–water partition coefficient (Wildman–Crippen LogP) is 2.38. The van der Waals surface area contributed by atoms with Crippen molar-refractivity contribution in [3.05, 3.63) is 70.6 Å². The van der Waals surface area contributed by atoms with E-state index in [1.54, 1.807) is 24.3 Å². The van der Waals surface area contributed by atoms with E-state index in [0.717, 1.165) is 10.6 Å². The zero-order valence-corrected chi connectivity index (χ0v) is 11.9. The maximum absolute atomic E-state index is 12.1. The van der Waals surface area contributed by atoms with Crippen LogP contribution in [0.2, 0.25) is 0 Å². The standard InChI is InChI=1S/C15H12ClNO4/c1-21-15(19)12-5-4-11(14(18)13(12)16)3-2-10-6-8-17(20)9-7-10/h2-9,20H,1H3/b11-3-. The minimum Gasteiger partial charge on any atom is -0.465 e. The molecule has 0 aromatic heterocycles. The lowest BCUT2D eigenvalue weighted by Crippen LogP contribution is -2.13. The van der Waals surface area contributed by atoms with E-state index < -0.39 is 11.8 Å². The van der Waals surface area contributed by atoms with Crippen molar-refractivity contribution >= 4 is 23.4 Å². The van der Waals surface area contributed by atoms with Gasteiger partial charge < -0.3 is 4.74 Å². The van der Waals surface area contributed by atoms with Crippen molar-refractivity contribution in [3.8, 4) is 0 Å². The van der Waals surface area contributed by atoms with E-state index in [2.05, 4.69) is 4.74 Å². The predicted molar refractivity (Wildman–Crippen MR) is 77.1 cm³/mol. The molecule has 0 spiro atoms. The van der Waals surface area contributed by atoms with Gasteiger partial charge in [0.1, 0.15) is 5.03 Å². The first kappa shape index (κ1) is 15.0. The molecule has 0 aromatic carbocycles. The number of hydrogen-bond acceptors (Lipinski definition) is 5. The Balaban J connectivity index is 2.22. The zero-order valence-electron chi connectivity index (χ0n) is 11.1. The Bertz CT molecular complexity index is 649. The number of nitrogens with zero attached hydrogens (tertiary/aromatic N) is 1. The Morgan fingerprint density at radius 3 is 2.52 bits per heavy atom.